The van der Waals surface area contributed by atoms with E-state index in [0.717, 1.165) is 6.26 Å². The Morgan fingerprint density at radius 2 is 1.65 bits per heavy atom. The fourth-order valence-electron chi connectivity index (χ4n) is 3.84. The second-order valence-electron chi connectivity index (χ2n) is 7.45. The second-order valence-corrected chi connectivity index (χ2v) is 10.0. The maximum atomic E-state index is 14.9. The molecule has 0 saturated carbocycles. The number of rotatable bonds is 5. The Kier molecular flexibility index (Phi) is 5.58. The minimum atomic E-state index is -3.42. The number of sulfone groups is 1. The van der Waals surface area contributed by atoms with Gasteiger partial charge in [0.05, 0.1) is 11.3 Å². The molecule has 0 aliphatic carbocycles. The zero-order chi connectivity index (χ0) is 22.3. The quantitative estimate of drug-likeness (QED) is 0.397. The monoisotopic (exact) mass is 463 g/mol. The van der Waals surface area contributed by atoms with Crippen LogP contribution in [0.25, 0.3) is 10.9 Å². The van der Waals surface area contributed by atoms with Crippen molar-refractivity contribution in [2.45, 2.75) is 11.7 Å². The van der Waals surface area contributed by atoms with Gasteiger partial charge in [0.2, 0.25) is 0 Å². The molecule has 1 N–H and O–H groups in total. The summed E-state index contributed by atoms with van der Waals surface area (Å²) < 4.78 is 66.5. The number of aromatic nitrogens is 1. The molecule has 160 valence electrons. The zero-order valence-electron chi connectivity index (χ0n) is 16.3. The van der Waals surface area contributed by atoms with Gasteiger partial charge in [-0.25, -0.2) is 21.6 Å². The minimum Gasteiger partial charge on any atom is -0.361 e. The lowest BCUT2D eigenvalue weighted by Gasteiger charge is -2.19. The Hall–Kier alpha value is -2.77. The van der Waals surface area contributed by atoms with Crippen LogP contribution in [0.3, 0.4) is 0 Å². The summed E-state index contributed by atoms with van der Waals surface area (Å²) in [6, 6.07) is 12.3. The highest BCUT2D eigenvalue weighted by atomic mass is 35.5. The highest BCUT2D eigenvalue weighted by Crippen LogP contribution is 2.39. The van der Waals surface area contributed by atoms with E-state index in [1.165, 1.54) is 48.5 Å². The average Bonchev–Trinajstić information content (AvgIpc) is 3.07. The maximum Gasteiger partial charge on any atom is 0.151 e. The van der Waals surface area contributed by atoms with Gasteiger partial charge in [-0.15, -0.1) is 0 Å². The Labute approximate surface area is 182 Å². The van der Waals surface area contributed by atoms with E-state index < -0.39 is 33.2 Å². The summed E-state index contributed by atoms with van der Waals surface area (Å²) in [5.74, 6) is -2.68. The standard InChI is InChI=1S/C23H17ClF3NO2S/c1-31(29,30)12-14-8-17(26)10-19-20(11-28-23(14)19)22(13-2-5-16(25)6-3-13)18-7-4-15(24)9-21(18)27/h2-11,22,28H,12H2,1H3. The van der Waals surface area contributed by atoms with Crippen LogP contribution in [0.15, 0.2) is 60.8 Å². The van der Waals surface area contributed by atoms with Crippen molar-refractivity contribution in [1.82, 2.24) is 4.98 Å². The Morgan fingerprint density at radius 1 is 0.935 bits per heavy atom. The highest BCUT2D eigenvalue weighted by molar-refractivity contribution is 7.89. The van der Waals surface area contributed by atoms with Crippen molar-refractivity contribution in [2.75, 3.05) is 6.26 Å². The van der Waals surface area contributed by atoms with Gasteiger partial charge in [0.15, 0.2) is 9.84 Å². The molecule has 8 heteroatoms. The van der Waals surface area contributed by atoms with Crippen LogP contribution in [0, 0.1) is 17.5 Å². The molecule has 1 atom stereocenters. The van der Waals surface area contributed by atoms with E-state index >= 15 is 0 Å². The number of benzene rings is 3. The largest absolute Gasteiger partial charge is 0.361 e. The van der Waals surface area contributed by atoms with E-state index in [0.29, 0.717) is 22.0 Å². The third kappa shape index (κ3) is 4.48. The predicted molar refractivity (Wildman–Crippen MR) is 116 cm³/mol. The molecular formula is C23H17ClF3NO2S. The van der Waals surface area contributed by atoms with E-state index in [2.05, 4.69) is 4.98 Å². The summed E-state index contributed by atoms with van der Waals surface area (Å²) in [6.45, 7) is 0. The summed E-state index contributed by atoms with van der Waals surface area (Å²) in [5, 5.41) is 0.641. The molecule has 4 rings (SSSR count). The number of aromatic amines is 1. The zero-order valence-corrected chi connectivity index (χ0v) is 17.9. The molecule has 0 fully saturated rings. The minimum absolute atomic E-state index is 0.222. The molecule has 0 saturated heterocycles. The van der Waals surface area contributed by atoms with Gasteiger partial charge < -0.3 is 4.98 Å². The number of hydrogen-bond donors (Lipinski definition) is 1. The molecule has 4 aromatic rings. The van der Waals surface area contributed by atoms with Crippen molar-refractivity contribution < 1.29 is 21.6 Å². The lowest BCUT2D eigenvalue weighted by molar-refractivity contribution is 0.600. The highest BCUT2D eigenvalue weighted by Gasteiger charge is 2.25. The van der Waals surface area contributed by atoms with Gasteiger partial charge in [0, 0.05) is 28.8 Å². The molecule has 0 amide bonds. The van der Waals surface area contributed by atoms with E-state index in [4.69, 9.17) is 11.6 Å². The third-order valence-corrected chi connectivity index (χ3v) is 6.14. The Bertz CT molecular complexity index is 1380. The SMILES string of the molecule is CS(=O)(=O)Cc1cc(F)cc2c(C(c3ccc(F)cc3)c3ccc(Cl)cc3F)c[nH]c12. The number of halogens is 4. The van der Waals surface area contributed by atoms with Gasteiger partial charge in [-0.2, -0.15) is 0 Å². The molecule has 0 spiro atoms. The fourth-order valence-corrected chi connectivity index (χ4v) is 4.79. The molecule has 3 nitrogen and oxygen atoms in total. The van der Waals surface area contributed by atoms with Crippen LogP contribution in [0.4, 0.5) is 13.2 Å². The van der Waals surface area contributed by atoms with Gasteiger partial charge in [-0.05, 0) is 58.7 Å². The van der Waals surface area contributed by atoms with Crippen LogP contribution in [0.1, 0.15) is 28.2 Å². The van der Waals surface area contributed by atoms with Gasteiger partial charge in [0.25, 0.3) is 0 Å². The molecule has 1 aromatic heterocycles. The molecular weight excluding hydrogens is 447 g/mol. The lowest BCUT2D eigenvalue weighted by atomic mass is 9.84. The third-order valence-electron chi connectivity index (χ3n) is 5.07. The topological polar surface area (TPSA) is 49.9 Å². The van der Waals surface area contributed by atoms with Crippen molar-refractivity contribution >= 4 is 32.3 Å². The van der Waals surface area contributed by atoms with Crippen LogP contribution in [0.2, 0.25) is 5.02 Å². The molecule has 0 bridgehead atoms. The van der Waals surface area contributed by atoms with Gasteiger partial charge in [-0.3, -0.25) is 0 Å². The average molecular weight is 464 g/mol. The van der Waals surface area contributed by atoms with Gasteiger partial charge in [-0.1, -0.05) is 29.8 Å². The Morgan fingerprint density at radius 3 is 2.29 bits per heavy atom. The number of H-pyrrole nitrogens is 1. The van der Waals surface area contributed by atoms with E-state index in [9.17, 15) is 21.6 Å². The molecule has 1 heterocycles. The summed E-state index contributed by atoms with van der Waals surface area (Å²) >= 11 is 5.91. The first-order valence-electron chi connectivity index (χ1n) is 9.30. The number of fused-ring (bicyclic) bond motifs is 1. The van der Waals surface area contributed by atoms with Gasteiger partial charge >= 0.3 is 0 Å². The van der Waals surface area contributed by atoms with Crippen molar-refractivity contribution in [3.63, 3.8) is 0 Å². The predicted octanol–water partition coefficient (Wildman–Crippen LogP) is 5.96. The normalized spacial score (nSPS) is 12.9. The van der Waals surface area contributed by atoms with Crippen molar-refractivity contribution in [3.05, 3.63) is 106 Å². The molecule has 1 unspecified atom stereocenters. The number of nitrogens with one attached hydrogen (secondary N) is 1. The van der Waals surface area contributed by atoms with Crippen LogP contribution in [-0.4, -0.2) is 19.7 Å². The van der Waals surface area contributed by atoms with Crippen LogP contribution in [0.5, 0.6) is 0 Å². The van der Waals surface area contributed by atoms with Gasteiger partial charge in [0.1, 0.15) is 17.5 Å². The lowest BCUT2D eigenvalue weighted by Crippen LogP contribution is -2.06. The molecule has 0 aliphatic heterocycles. The van der Waals surface area contributed by atoms with E-state index in [1.807, 2.05) is 0 Å². The molecule has 3 aromatic carbocycles. The van der Waals surface area contributed by atoms with E-state index in [-0.39, 0.29) is 21.9 Å². The summed E-state index contributed by atoms with van der Waals surface area (Å²) in [5.41, 5.74) is 2.10. The fraction of sp³-hybridized carbons (Fsp3) is 0.130. The first-order chi connectivity index (χ1) is 14.6. The molecule has 0 radical (unpaired) electrons. The smallest absolute Gasteiger partial charge is 0.151 e. The van der Waals surface area contributed by atoms with Crippen molar-refractivity contribution in [1.29, 1.82) is 0 Å². The van der Waals surface area contributed by atoms with E-state index in [1.54, 1.807) is 12.3 Å². The van der Waals surface area contributed by atoms with Crippen LogP contribution in [-0.2, 0) is 15.6 Å². The van der Waals surface area contributed by atoms with Crippen LogP contribution >= 0.6 is 11.6 Å². The first-order valence-corrected chi connectivity index (χ1v) is 11.7. The Balaban J connectivity index is 1.98. The molecule has 0 aliphatic rings. The summed E-state index contributed by atoms with van der Waals surface area (Å²) in [6.07, 6.45) is 2.66. The first kappa shape index (κ1) is 21.5. The summed E-state index contributed by atoms with van der Waals surface area (Å²) in [4.78, 5) is 3.02. The summed E-state index contributed by atoms with van der Waals surface area (Å²) in [7, 11) is -3.42. The van der Waals surface area contributed by atoms with Crippen molar-refractivity contribution in [3.8, 4) is 0 Å². The van der Waals surface area contributed by atoms with Crippen molar-refractivity contribution in [2.24, 2.45) is 0 Å². The second kappa shape index (κ2) is 8.05. The molecule has 31 heavy (non-hydrogen) atoms. The maximum absolute atomic E-state index is 14.9. The number of hydrogen-bond acceptors (Lipinski definition) is 2. The van der Waals surface area contributed by atoms with Crippen LogP contribution < -0.4 is 0 Å².